The predicted octanol–water partition coefficient (Wildman–Crippen LogP) is 11.3. The lowest BCUT2D eigenvalue weighted by Gasteiger charge is -2.19. The maximum Gasteiger partial charge on any atom is 0.0711 e. The van der Waals surface area contributed by atoms with Crippen LogP contribution in [0.5, 0.6) is 0 Å². The highest BCUT2D eigenvalue weighted by Crippen LogP contribution is 2.39. The molecule has 1 aliphatic carbocycles. The van der Waals surface area contributed by atoms with E-state index in [4.69, 9.17) is 4.98 Å². The molecule has 1 atom stereocenters. The second-order valence-corrected chi connectivity index (χ2v) is 11.6. The van der Waals surface area contributed by atoms with Gasteiger partial charge in [0.25, 0.3) is 0 Å². The van der Waals surface area contributed by atoms with Crippen LogP contribution in [0.15, 0.2) is 152 Å². The van der Waals surface area contributed by atoms with Gasteiger partial charge >= 0.3 is 0 Å². The summed E-state index contributed by atoms with van der Waals surface area (Å²) in [4.78, 5) is 5.23. The Morgan fingerprint density at radius 2 is 1.12 bits per heavy atom. The summed E-state index contributed by atoms with van der Waals surface area (Å²) in [7, 11) is 0. The van der Waals surface area contributed by atoms with Crippen LogP contribution in [0.25, 0.3) is 60.3 Å². The fraction of sp³-hybridized carbons (Fsp3) is 0.0714. The number of hydrogen-bond donors (Lipinski definition) is 0. The second-order valence-electron chi connectivity index (χ2n) is 11.6. The number of hydrogen-bond acceptors (Lipinski definition) is 1. The molecule has 0 spiro atoms. The van der Waals surface area contributed by atoms with E-state index in [2.05, 4.69) is 159 Å². The monoisotopic (exact) mass is 549 g/mol. The zero-order chi connectivity index (χ0) is 28.8. The predicted molar refractivity (Wildman–Crippen MR) is 183 cm³/mol. The van der Waals surface area contributed by atoms with Crippen molar-refractivity contribution in [3.8, 4) is 22.4 Å². The van der Waals surface area contributed by atoms with E-state index in [0.29, 0.717) is 0 Å². The topological polar surface area (TPSA) is 12.9 Å². The zero-order valence-corrected chi connectivity index (χ0v) is 24.2. The average Bonchev–Trinajstić information content (AvgIpc) is 3.09. The van der Waals surface area contributed by atoms with Gasteiger partial charge in [-0.1, -0.05) is 139 Å². The van der Waals surface area contributed by atoms with Crippen molar-refractivity contribution in [2.24, 2.45) is 0 Å². The molecule has 1 aliphatic rings. The molecule has 0 saturated heterocycles. The van der Waals surface area contributed by atoms with Crippen molar-refractivity contribution in [3.63, 3.8) is 0 Å². The van der Waals surface area contributed by atoms with E-state index in [0.717, 1.165) is 23.4 Å². The number of benzene rings is 6. The lowest BCUT2D eigenvalue weighted by atomic mass is 9.88. The molecule has 0 amide bonds. The molecule has 0 fully saturated rings. The molecule has 0 N–H and O–H groups in total. The van der Waals surface area contributed by atoms with Gasteiger partial charge in [0.2, 0.25) is 0 Å². The Morgan fingerprint density at radius 3 is 1.77 bits per heavy atom. The Bertz CT molecular complexity index is 2170. The van der Waals surface area contributed by atoms with Crippen LogP contribution in [-0.4, -0.2) is 4.98 Å². The molecule has 0 saturated carbocycles. The quantitative estimate of drug-likeness (QED) is 0.199. The molecule has 204 valence electrons. The fourth-order valence-electron chi connectivity index (χ4n) is 6.55. The summed E-state index contributed by atoms with van der Waals surface area (Å²) in [6.07, 6.45) is 7.89. The van der Waals surface area contributed by atoms with E-state index in [1.807, 2.05) is 0 Å². The lowest BCUT2D eigenvalue weighted by Crippen LogP contribution is -2.03. The summed E-state index contributed by atoms with van der Waals surface area (Å²) in [6, 6.07) is 48.4. The number of aryl methyl sites for hydroxylation is 1. The normalized spacial score (nSPS) is 14.8. The van der Waals surface area contributed by atoms with Gasteiger partial charge in [0.15, 0.2) is 0 Å². The molecular weight excluding hydrogens is 518 g/mol. The Kier molecular flexibility index (Phi) is 6.23. The maximum absolute atomic E-state index is 5.23. The highest BCUT2D eigenvalue weighted by Gasteiger charge is 2.17. The third kappa shape index (κ3) is 4.64. The SMILES string of the molecule is Cc1ccc(C2=CCC(c3cc(-c4ccc5c6ccccc6c6ccccc6c5c4)cc(-c4ccccc4)n3)C=C2)cc1. The van der Waals surface area contributed by atoms with E-state index in [1.165, 1.54) is 60.1 Å². The first kappa shape index (κ1) is 25.4. The summed E-state index contributed by atoms with van der Waals surface area (Å²) in [6.45, 7) is 2.13. The van der Waals surface area contributed by atoms with Gasteiger partial charge in [-0.3, -0.25) is 4.98 Å². The van der Waals surface area contributed by atoms with Gasteiger partial charge in [-0.05, 0) is 86.1 Å². The molecule has 43 heavy (non-hydrogen) atoms. The van der Waals surface area contributed by atoms with E-state index in [-0.39, 0.29) is 5.92 Å². The van der Waals surface area contributed by atoms with Crippen molar-refractivity contribution in [2.45, 2.75) is 19.3 Å². The Hall–Kier alpha value is -5.27. The van der Waals surface area contributed by atoms with Gasteiger partial charge in [-0.15, -0.1) is 0 Å². The smallest absolute Gasteiger partial charge is 0.0711 e. The molecule has 6 aromatic carbocycles. The Balaban J connectivity index is 1.26. The van der Waals surface area contributed by atoms with Crippen molar-refractivity contribution in [2.75, 3.05) is 0 Å². The molecule has 1 nitrogen and oxygen atoms in total. The molecule has 1 unspecified atom stereocenters. The largest absolute Gasteiger partial charge is 0.252 e. The van der Waals surface area contributed by atoms with Crippen molar-refractivity contribution < 1.29 is 0 Å². The van der Waals surface area contributed by atoms with Crippen LogP contribution < -0.4 is 0 Å². The van der Waals surface area contributed by atoms with Crippen LogP contribution in [-0.2, 0) is 0 Å². The Labute approximate surface area is 252 Å². The maximum atomic E-state index is 5.23. The van der Waals surface area contributed by atoms with E-state index < -0.39 is 0 Å². The van der Waals surface area contributed by atoms with Crippen LogP contribution >= 0.6 is 0 Å². The first-order valence-corrected chi connectivity index (χ1v) is 15.1. The highest BCUT2D eigenvalue weighted by atomic mass is 14.7. The minimum Gasteiger partial charge on any atom is -0.252 e. The van der Waals surface area contributed by atoms with Gasteiger partial charge in [-0.2, -0.15) is 0 Å². The minimum absolute atomic E-state index is 0.224. The molecule has 0 radical (unpaired) electrons. The zero-order valence-electron chi connectivity index (χ0n) is 24.2. The van der Waals surface area contributed by atoms with Gasteiger partial charge in [0.05, 0.1) is 5.69 Å². The van der Waals surface area contributed by atoms with Gasteiger partial charge in [0.1, 0.15) is 0 Å². The summed E-state index contributed by atoms with van der Waals surface area (Å²) >= 11 is 0. The van der Waals surface area contributed by atoms with Gasteiger partial charge in [-0.25, -0.2) is 0 Å². The number of aromatic nitrogens is 1. The number of rotatable bonds is 4. The molecule has 1 heterocycles. The van der Waals surface area contributed by atoms with Crippen molar-refractivity contribution in [3.05, 3.63) is 169 Å². The molecule has 8 rings (SSSR count). The van der Waals surface area contributed by atoms with Gasteiger partial charge < -0.3 is 0 Å². The summed E-state index contributed by atoms with van der Waals surface area (Å²) in [5, 5.41) is 7.77. The lowest BCUT2D eigenvalue weighted by molar-refractivity contribution is 0.820. The fourth-order valence-corrected chi connectivity index (χ4v) is 6.55. The number of fused-ring (bicyclic) bond motifs is 6. The summed E-state index contributed by atoms with van der Waals surface area (Å²) in [5.74, 6) is 0.224. The highest BCUT2D eigenvalue weighted by molar-refractivity contribution is 6.25. The second kappa shape index (κ2) is 10.5. The first-order valence-electron chi connectivity index (χ1n) is 15.1. The van der Waals surface area contributed by atoms with Crippen LogP contribution in [0.1, 0.15) is 29.2 Å². The van der Waals surface area contributed by atoms with Crippen LogP contribution in [0.3, 0.4) is 0 Å². The van der Waals surface area contributed by atoms with E-state index in [1.54, 1.807) is 0 Å². The van der Waals surface area contributed by atoms with Gasteiger partial charge in [0, 0.05) is 17.2 Å². The third-order valence-electron chi connectivity index (χ3n) is 8.86. The standard InChI is InChI=1S/C42H31N/c1-28-15-17-29(18-16-28)30-19-21-32(22-20-30)42-27-34(26-41(43-42)31-9-3-2-4-10-31)33-23-24-39-37-13-6-5-11-35(37)36-12-7-8-14-38(36)40(39)25-33/h2-21,23-27,32H,22H2,1H3. The van der Waals surface area contributed by atoms with Crippen LogP contribution in [0, 0.1) is 6.92 Å². The average molecular weight is 550 g/mol. The molecule has 0 bridgehead atoms. The number of allylic oxidation sites excluding steroid dienone is 4. The van der Waals surface area contributed by atoms with E-state index in [9.17, 15) is 0 Å². The minimum atomic E-state index is 0.224. The van der Waals surface area contributed by atoms with Crippen molar-refractivity contribution in [1.29, 1.82) is 0 Å². The summed E-state index contributed by atoms with van der Waals surface area (Å²) < 4.78 is 0. The number of pyridine rings is 1. The van der Waals surface area contributed by atoms with Crippen LogP contribution in [0.4, 0.5) is 0 Å². The molecule has 1 heteroatoms. The van der Waals surface area contributed by atoms with Crippen molar-refractivity contribution >= 4 is 37.9 Å². The molecular formula is C42H31N. The Morgan fingerprint density at radius 1 is 0.512 bits per heavy atom. The van der Waals surface area contributed by atoms with E-state index >= 15 is 0 Å². The molecule has 7 aromatic rings. The third-order valence-corrected chi connectivity index (χ3v) is 8.86. The van der Waals surface area contributed by atoms with Crippen molar-refractivity contribution in [1.82, 2.24) is 4.98 Å². The molecule has 1 aromatic heterocycles. The first-order chi connectivity index (χ1) is 21.2. The summed E-state index contributed by atoms with van der Waals surface area (Å²) in [5.41, 5.74) is 9.50. The molecule has 0 aliphatic heterocycles. The van der Waals surface area contributed by atoms with Crippen LogP contribution in [0.2, 0.25) is 0 Å². The number of nitrogens with zero attached hydrogens (tertiary/aromatic N) is 1.